The summed E-state index contributed by atoms with van der Waals surface area (Å²) in [5, 5.41) is 20.8. The normalized spacial score (nSPS) is 16.5. The highest BCUT2D eigenvalue weighted by molar-refractivity contribution is 8.19. The number of nitrogens with zero attached hydrogens (tertiary/aromatic N) is 3. The Kier molecular flexibility index (Phi) is 3.73. The number of nitrogens with one attached hydrogen (secondary N) is 1. The Balaban J connectivity index is 1.88. The van der Waals surface area contributed by atoms with Gasteiger partial charge in [0.2, 0.25) is 0 Å². The summed E-state index contributed by atoms with van der Waals surface area (Å²) < 4.78 is 0. The Bertz CT molecular complexity index is 784. The van der Waals surface area contributed by atoms with Gasteiger partial charge in [0.25, 0.3) is 11.6 Å². The summed E-state index contributed by atoms with van der Waals surface area (Å²) in [6.07, 6.45) is 3.18. The van der Waals surface area contributed by atoms with Crippen LogP contribution in [0.2, 0.25) is 0 Å². The van der Waals surface area contributed by atoms with Crippen molar-refractivity contribution in [1.82, 2.24) is 4.98 Å². The van der Waals surface area contributed by atoms with Gasteiger partial charge < -0.3 is 0 Å². The predicted molar refractivity (Wildman–Crippen MR) is 86.0 cm³/mol. The van der Waals surface area contributed by atoms with Crippen molar-refractivity contribution < 1.29 is 9.72 Å². The molecular formula is C13H8N4O3S2. The van der Waals surface area contributed by atoms with Gasteiger partial charge in [-0.15, -0.1) is 11.3 Å². The minimum atomic E-state index is -0.480. The minimum Gasteiger partial charge on any atom is -0.278 e. The standard InChI is InChI=1S/C13H8N4O3S2/c14-12-16(13-15-5-6-21-13)11(18)10(22-12)7-8-1-3-9(4-2-8)17(19)20/h1-7,14H/b10-7+,14-12?. The number of anilines is 1. The number of thiazole rings is 1. The number of aromatic nitrogens is 1. The number of hydrogen-bond donors (Lipinski definition) is 1. The molecule has 0 bridgehead atoms. The monoisotopic (exact) mass is 332 g/mol. The maximum atomic E-state index is 12.3. The van der Waals surface area contributed by atoms with Gasteiger partial charge in [0.05, 0.1) is 9.83 Å². The van der Waals surface area contributed by atoms with Crippen LogP contribution >= 0.6 is 23.1 Å². The highest BCUT2D eigenvalue weighted by atomic mass is 32.2. The molecule has 0 saturated carbocycles. The highest BCUT2D eigenvalue weighted by Crippen LogP contribution is 2.35. The summed E-state index contributed by atoms with van der Waals surface area (Å²) >= 11 is 2.32. The number of thioether (sulfide) groups is 1. The average molecular weight is 332 g/mol. The van der Waals surface area contributed by atoms with E-state index < -0.39 is 4.92 Å². The van der Waals surface area contributed by atoms with Crippen LogP contribution in [0.1, 0.15) is 5.56 Å². The lowest BCUT2D eigenvalue weighted by Gasteiger charge is -2.08. The molecule has 1 saturated heterocycles. The third-order valence-electron chi connectivity index (χ3n) is 2.84. The van der Waals surface area contributed by atoms with Gasteiger partial charge in [0.1, 0.15) is 0 Å². The van der Waals surface area contributed by atoms with Crippen LogP contribution < -0.4 is 4.90 Å². The van der Waals surface area contributed by atoms with Gasteiger partial charge >= 0.3 is 0 Å². The predicted octanol–water partition coefficient (Wildman–Crippen LogP) is 3.11. The first-order valence-electron chi connectivity index (χ1n) is 6.03. The first kappa shape index (κ1) is 14.4. The second-order valence-corrected chi connectivity index (χ2v) is 6.12. The Hall–Kier alpha value is -2.52. The van der Waals surface area contributed by atoms with Crippen LogP contribution in [0.3, 0.4) is 0 Å². The van der Waals surface area contributed by atoms with Crippen LogP contribution in [0.25, 0.3) is 6.08 Å². The molecule has 110 valence electrons. The first-order chi connectivity index (χ1) is 10.6. The molecule has 1 aliphatic heterocycles. The Morgan fingerprint density at radius 1 is 1.32 bits per heavy atom. The summed E-state index contributed by atoms with van der Waals surface area (Å²) in [7, 11) is 0. The van der Waals surface area contributed by atoms with Crippen LogP contribution in [0.15, 0.2) is 40.7 Å². The van der Waals surface area contributed by atoms with Crippen LogP contribution in [0, 0.1) is 15.5 Å². The van der Waals surface area contributed by atoms with Gasteiger partial charge in [0, 0.05) is 23.7 Å². The molecule has 0 spiro atoms. The third-order valence-corrected chi connectivity index (χ3v) is 4.48. The van der Waals surface area contributed by atoms with Crippen LogP contribution in [0.5, 0.6) is 0 Å². The first-order valence-corrected chi connectivity index (χ1v) is 7.72. The van der Waals surface area contributed by atoms with Crippen molar-refractivity contribution in [1.29, 1.82) is 5.41 Å². The molecule has 0 radical (unpaired) electrons. The largest absolute Gasteiger partial charge is 0.278 e. The molecule has 3 rings (SSSR count). The zero-order chi connectivity index (χ0) is 15.7. The zero-order valence-corrected chi connectivity index (χ0v) is 12.6. The second kappa shape index (κ2) is 5.70. The number of non-ortho nitro benzene ring substituents is 1. The topological polar surface area (TPSA) is 100 Å². The van der Waals surface area contributed by atoms with E-state index in [1.807, 2.05) is 0 Å². The number of carbonyl (C=O) groups is 1. The fraction of sp³-hybridized carbons (Fsp3) is 0. The summed E-state index contributed by atoms with van der Waals surface area (Å²) in [6, 6.07) is 5.88. The minimum absolute atomic E-state index is 0.00953. The van der Waals surface area contributed by atoms with Crippen molar-refractivity contribution in [3.63, 3.8) is 0 Å². The van der Waals surface area contributed by atoms with Gasteiger partial charge in [-0.05, 0) is 35.5 Å². The summed E-state index contributed by atoms with van der Waals surface area (Å²) in [4.78, 5) is 28.2. The van der Waals surface area contributed by atoms with Crippen LogP contribution in [0.4, 0.5) is 10.8 Å². The maximum absolute atomic E-state index is 12.3. The molecule has 0 unspecified atom stereocenters. The number of benzene rings is 1. The molecule has 22 heavy (non-hydrogen) atoms. The van der Waals surface area contributed by atoms with Gasteiger partial charge in [0.15, 0.2) is 10.3 Å². The van der Waals surface area contributed by atoms with Crippen molar-refractivity contribution in [3.8, 4) is 0 Å². The number of rotatable bonds is 3. The van der Waals surface area contributed by atoms with E-state index in [-0.39, 0.29) is 16.8 Å². The fourth-order valence-corrected chi connectivity index (χ4v) is 3.38. The van der Waals surface area contributed by atoms with Crippen LogP contribution in [-0.4, -0.2) is 21.0 Å². The lowest BCUT2D eigenvalue weighted by molar-refractivity contribution is -0.384. The molecule has 2 heterocycles. The number of nitro benzene ring substituents is 1. The number of carbonyl (C=O) groups excluding carboxylic acids is 1. The van der Waals surface area contributed by atoms with E-state index in [0.717, 1.165) is 11.8 Å². The maximum Gasteiger partial charge on any atom is 0.273 e. The van der Waals surface area contributed by atoms with Crippen molar-refractivity contribution in [2.45, 2.75) is 0 Å². The molecule has 1 N–H and O–H groups in total. The van der Waals surface area contributed by atoms with Crippen molar-refractivity contribution in [2.75, 3.05) is 4.90 Å². The third kappa shape index (κ3) is 2.63. The summed E-state index contributed by atoms with van der Waals surface area (Å²) in [6.45, 7) is 0. The van der Waals surface area contributed by atoms with Crippen molar-refractivity contribution in [3.05, 3.63) is 56.4 Å². The van der Waals surface area contributed by atoms with Gasteiger partial charge in [-0.3, -0.25) is 20.3 Å². The molecule has 1 aromatic heterocycles. The van der Waals surface area contributed by atoms with Gasteiger partial charge in [-0.25, -0.2) is 9.88 Å². The number of amides is 1. The molecule has 1 amide bonds. The average Bonchev–Trinajstić information content (AvgIpc) is 3.09. The van der Waals surface area contributed by atoms with E-state index in [1.54, 1.807) is 29.8 Å². The molecule has 0 atom stereocenters. The zero-order valence-electron chi connectivity index (χ0n) is 10.9. The van der Waals surface area contributed by atoms with Crippen molar-refractivity contribution in [2.24, 2.45) is 0 Å². The van der Waals surface area contributed by atoms with Gasteiger partial charge in [-0.1, -0.05) is 0 Å². The molecule has 2 aromatic rings. The molecule has 1 aromatic carbocycles. The quantitative estimate of drug-likeness (QED) is 0.529. The summed E-state index contributed by atoms with van der Waals surface area (Å²) in [5.74, 6) is -0.316. The Morgan fingerprint density at radius 3 is 2.64 bits per heavy atom. The number of amidine groups is 1. The van der Waals surface area contributed by atoms with Crippen molar-refractivity contribution >= 4 is 51.1 Å². The number of nitro groups is 1. The van der Waals surface area contributed by atoms with E-state index in [9.17, 15) is 14.9 Å². The molecular weight excluding hydrogens is 324 g/mol. The molecule has 7 nitrogen and oxygen atoms in total. The molecule has 1 fully saturated rings. The smallest absolute Gasteiger partial charge is 0.273 e. The molecule has 0 aliphatic carbocycles. The lowest BCUT2D eigenvalue weighted by Crippen LogP contribution is -2.27. The Labute approximate surface area is 132 Å². The Morgan fingerprint density at radius 2 is 2.05 bits per heavy atom. The molecule has 9 heteroatoms. The van der Waals surface area contributed by atoms with Gasteiger partial charge in [-0.2, -0.15) is 0 Å². The summed E-state index contributed by atoms with van der Waals surface area (Å²) in [5.41, 5.74) is 0.653. The van der Waals surface area contributed by atoms with Crippen LogP contribution in [-0.2, 0) is 4.79 Å². The fourth-order valence-electron chi connectivity index (χ4n) is 1.83. The van der Waals surface area contributed by atoms with E-state index in [0.29, 0.717) is 15.6 Å². The lowest BCUT2D eigenvalue weighted by atomic mass is 10.2. The van der Waals surface area contributed by atoms with E-state index in [2.05, 4.69) is 4.98 Å². The van der Waals surface area contributed by atoms with E-state index >= 15 is 0 Å². The van der Waals surface area contributed by atoms with E-state index in [4.69, 9.17) is 5.41 Å². The second-order valence-electron chi connectivity index (χ2n) is 4.22. The van der Waals surface area contributed by atoms with E-state index in [1.165, 1.54) is 28.4 Å². The molecule has 1 aliphatic rings. The number of hydrogen-bond acceptors (Lipinski definition) is 7. The SMILES string of the molecule is N=C1S/C(=C/c2ccc([N+](=O)[O-])cc2)C(=O)N1c1nccs1. The highest BCUT2D eigenvalue weighted by Gasteiger charge is 2.34.